The van der Waals surface area contributed by atoms with Gasteiger partial charge in [-0.3, -0.25) is 9.69 Å². The molecule has 1 N–H and O–H groups in total. The Morgan fingerprint density at radius 2 is 1.97 bits per heavy atom. The summed E-state index contributed by atoms with van der Waals surface area (Å²) >= 11 is 0. The number of allylic oxidation sites excluding steroid dienone is 1. The lowest BCUT2D eigenvalue weighted by Crippen LogP contribution is -2.37. The summed E-state index contributed by atoms with van der Waals surface area (Å²) in [6, 6.07) is 9.47. The van der Waals surface area contributed by atoms with E-state index >= 15 is 0 Å². The average molecular weight is 504 g/mol. The van der Waals surface area contributed by atoms with E-state index in [0.29, 0.717) is 23.0 Å². The fourth-order valence-electron chi connectivity index (χ4n) is 4.02. The number of rotatable bonds is 7. The second kappa shape index (κ2) is 10.4. The van der Waals surface area contributed by atoms with Crippen molar-refractivity contribution in [1.82, 2.24) is 14.6 Å². The monoisotopic (exact) mass is 503 g/mol. The molecule has 0 radical (unpaired) electrons. The van der Waals surface area contributed by atoms with Crippen molar-refractivity contribution in [3.8, 4) is 0 Å². The van der Waals surface area contributed by atoms with Crippen LogP contribution in [0.1, 0.15) is 90.0 Å². The van der Waals surface area contributed by atoms with Crippen LogP contribution in [-0.2, 0) is 16.1 Å². The number of ether oxygens (including phenoxy) is 1. The van der Waals surface area contributed by atoms with Crippen molar-refractivity contribution >= 4 is 29.2 Å². The van der Waals surface area contributed by atoms with Gasteiger partial charge in [0.1, 0.15) is 11.4 Å². The third-order valence-corrected chi connectivity index (χ3v) is 6.32. The summed E-state index contributed by atoms with van der Waals surface area (Å²) in [5, 5.41) is 7.55. The highest BCUT2D eigenvalue weighted by atomic mass is 16.6. The summed E-state index contributed by atoms with van der Waals surface area (Å²) in [5.74, 6) is 1.09. The Morgan fingerprint density at radius 3 is 2.59 bits per heavy atom. The molecule has 8 nitrogen and oxygen atoms in total. The molecular formula is C29H37N5O3. The number of benzene rings is 1. The van der Waals surface area contributed by atoms with Gasteiger partial charge >= 0.3 is 6.09 Å². The zero-order valence-electron chi connectivity index (χ0n) is 22.8. The minimum atomic E-state index is -0.673. The van der Waals surface area contributed by atoms with Gasteiger partial charge in [-0.05, 0) is 71.1 Å². The Balaban J connectivity index is 1.77. The number of hydrogen-bond acceptors (Lipinski definition) is 5. The second-order valence-electron chi connectivity index (χ2n) is 11.0. The number of carbonyl (C=O) groups excluding carboxylic acids is 2. The molecule has 0 bridgehead atoms. The Morgan fingerprint density at radius 1 is 1.24 bits per heavy atom. The van der Waals surface area contributed by atoms with Crippen LogP contribution in [0.2, 0.25) is 0 Å². The number of fused-ring (bicyclic) bond motifs is 1. The van der Waals surface area contributed by atoms with Crippen LogP contribution >= 0.6 is 0 Å². The van der Waals surface area contributed by atoms with E-state index in [1.807, 2.05) is 64.2 Å². The molecule has 8 heteroatoms. The molecule has 1 aliphatic rings. The predicted molar refractivity (Wildman–Crippen MR) is 146 cm³/mol. The van der Waals surface area contributed by atoms with Crippen LogP contribution in [0, 0.1) is 0 Å². The molecule has 4 rings (SSSR count). The van der Waals surface area contributed by atoms with Gasteiger partial charge in [0.05, 0.1) is 12.7 Å². The maximum absolute atomic E-state index is 13.6. The smallest absolute Gasteiger partial charge is 0.416 e. The maximum atomic E-state index is 13.6. The van der Waals surface area contributed by atoms with Gasteiger partial charge in [-0.1, -0.05) is 32.1 Å². The molecule has 0 unspecified atom stereocenters. The first-order valence-electron chi connectivity index (χ1n) is 12.9. The van der Waals surface area contributed by atoms with Crippen molar-refractivity contribution in [2.24, 2.45) is 0 Å². The predicted octanol–water partition coefficient (Wildman–Crippen LogP) is 6.58. The number of nitrogens with one attached hydrogen (secondary N) is 1. The third kappa shape index (κ3) is 6.18. The van der Waals surface area contributed by atoms with E-state index in [9.17, 15) is 9.59 Å². The molecule has 2 aromatic heterocycles. The molecule has 0 atom stereocenters. The highest BCUT2D eigenvalue weighted by Crippen LogP contribution is 2.41. The van der Waals surface area contributed by atoms with Crippen LogP contribution in [0.15, 0.2) is 48.2 Å². The first-order chi connectivity index (χ1) is 17.5. The molecule has 2 amide bonds. The van der Waals surface area contributed by atoms with Gasteiger partial charge in [-0.25, -0.2) is 9.78 Å². The molecule has 1 saturated carbocycles. The number of hydrogen-bond donors (Lipinski definition) is 1. The molecular weight excluding hydrogens is 466 g/mol. The second-order valence-corrected chi connectivity index (χ2v) is 11.0. The number of anilines is 2. The van der Waals surface area contributed by atoms with Crippen LogP contribution in [0.3, 0.4) is 0 Å². The Bertz CT molecular complexity index is 1350. The van der Waals surface area contributed by atoms with E-state index in [1.165, 1.54) is 0 Å². The molecule has 1 aromatic carbocycles. The summed E-state index contributed by atoms with van der Waals surface area (Å²) in [6.07, 6.45) is 5.31. The van der Waals surface area contributed by atoms with Crippen molar-refractivity contribution in [1.29, 1.82) is 0 Å². The zero-order valence-corrected chi connectivity index (χ0v) is 22.8. The van der Waals surface area contributed by atoms with Gasteiger partial charge in [0, 0.05) is 34.5 Å². The molecule has 3 aromatic rings. The third-order valence-electron chi connectivity index (χ3n) is 6.32. The van der Waals surface area contributed by atoms with Crippen molar-refractivity contribution in [3.05, 3.63) is 65.0 Å². The first-order valence-corrected chi connectivity index (χ1v) is 12.9. The van der Waals surface area contributed by atoms with Gasteiger partial charge in [-0.15, -0.1) is 0 Å². The van der Waals surface area contributed by atoms with Crippen molar-refractivity contribution < 1.29 is 14.3 Å². The summed E-state index contributed by atoms with van der Waals surface area (Å²) in [6.45, 7) is 13.6. The van der Waals surface area contributed by atoms with Crippen LogP contribution in [0.4, 0.5) is 16.3 Å². The highest BCUT2D eigenvalue weighted by molar-refractivity contribution is 6.03. The highest BCUT2D eigenvalue weighted by Gasteiger charge is 2.31. The lowest BCUT2D eigenvalue weighted by molar-refractivity contribution is -0.112. The molecule has 2 heterocycles. The fourth-order valence-corrected chi connectivity index (χ4v) is 4.02. The van der Waals surface area contributed by atoms with Gasteiger partial charge in [0.25, 0.3) is 5.91 Å². The minimum Gasteiger partial charge on any atom is -0.443 e. The summed E-state index contributed by atoms with van der Waals surface area (Å²) in [7, 11) is 0. The topological polar surface area (TPSA) is 88.8 Å². The Hall–Kier alpha value is -3.68. The molecule has 37 heavy (non-hydrogen) atoms. The average Bonchev–Trinajstić information content (AvgIpc) is 3.59. The molecule has 0 saturated heterocycles. The molecule has 196 valence electrons. The van der Waals surface area contributed by atoms with Gasteiger partial charge in [0.2, 0.25) is 0 Å². The summed E-state index contributed by atoms with van der Waals surface area (Å²) < 4.78 is 7.58. The van der Waals surface area contributed by atoms with E-state index in [2.05, 4.69) is 24.3 Å². The van der Waals surface area contributed by atoms with E-state index < -0.39 is 11.7 Å². The van der Waals surface area contributed by atoms with Crippen LogP contribution in [0.25, 0.3) is 5.65 Å². The minimum absolute atomic E-state index is 0.161. The van der Waals surface area contributed by atoms with E-state index in [1.54, 1.807) is 22.4 Å². The fraction of sp³-hybridized carbons (Fsp3) is 0.448. The lowest BCUT2D eigenvalue weighted by atomic mass is 10.1. The number of carbonyl (C=O) groups is 2. The SMILES string of the molecule is C/C=C(/C)C(=O)Nc1cccc(CN(C(=O)OC(C)(C)C)c2cc(C3CC3)nc3c(C(C)C)cnn23)c1. The Labute approximate surface area is 218 Å². The van der Waals surface area contributed by atoms with E-state index in [-0.39, 0.29) is 18.4 Å². The van der Waals surface area contributed by atoms with Gasteiger partial charge in [0.15, 0.2) is 5.65 Å². The van der Waals surface area contributed by atoms with E-state index in [0.717, 1.165) is 35.3 Å². The normalized spacial score (nSPS) is 14.2. The Kier molecular flexibility index (Phi) is 7.39. The lowest BCUT2D eigenvalue weighted by Gasteiger charge is -2.28. The zero-order chi connectivity index (χ0) is 26.9. The van der Waals surface area contributed by atoms with Crippen LogP contribution in [0.5, 0.6) is 0 Å². The molecule has 0 spiro atoms. The quantitative estimate of drug-likeness (QED) is 0.368. The standard InChI is InChI=1S/C29H37N5O3/c1-8-19(4)27(35)31-22-11-9-10-20(14-22)17-33(28(36)37-29(5,6)7)25-15-24(21-12-13-21)32-26-23(18(2)3)16-30-34(25)26/h8-11,14-16,18,21H,12-13,17H2,1-7H3,(H,31,35)/b19-8-. The number of nitrogens with zero attached hydrogens (tertiary/aromatic N) is 4. The molecule has 1 aliphatic carbocycles. The van der Waals surface area contributed by atoms with Crippen LogP contribution < -0.4 is 10.2 Å². The first kappa shape index (κ1) is 26.4. The summed E-state index contributed by atoms with van der Waals surface area (Å²) in [5.41, 5.74) is 4.24. The van der Waals surface area contributed by atoms with Gasteiger partial charge in [-0.2, -0.15) is 9.61 Å². The van der Waals surface area contributed by atoms with Gasteiger partial charge < -0.3 is 10.1 Å². The maximum Gasteiger partial charge on any atom is 0.416 e. The van der Waals surface area contributed by atoms with Crippen molar-refractivity contribution in [3.63, 3.8) is 0 Å². The van der Waals surface area contributed by atoms with E-state index in [4.69, 9.17) is 9.72 Å². The van der Waals surface area contributed by atoms with Crippen molar-refractivity contribution in [2.75, 3.05) is 10.2 Å². The molecule has 1 fully saturated rings. The van der Waals surface area contributed by atoms with Crippen LogP contribution in [-0.4, -0.2) is 32.2 Å². The number of aromatic nitrogens is 3. The number of amides is 2. The summed E-state index contributed by atoms with van der Waals surface area (Å²) in [4.78, 5) is 32.5. The molecule has 0 aliphatic heterocycles. The van der Waals surface area contributed by atoms with Crippen molar-refractivity contribution in [2.45, 2.75) is 85.3 Å². The largest absolute Gasteiger partial charge is 0.443 e.